The minimum atomic E-state index is -0.901. The van der Waals surface area contributed by atoms with E-state index in [2.05, 4.69) is 15.6 Å². The van der Waals surface area contributed by atoms with Crippen LogP contribution >= 0.6 is 0 Å². The van der Waals surface area contributed by atoms with Crippen molar-refractivity contribution in [3.05, 3.63) is 34.1 Å². The topological polar surface area (TPSA) is 111 Å². The predicted molar refractivity (Wildman–Crippen MR) is 79.8 cm³/mol. The molecule has 1 aliphatic rings. The quantitative estimate of drug-likeness (QED) is 0.647. The molecule has 8 heteroatoms. The first-order valence-electron chi connectivity index (χ1n) is 7.28. The molecule has 3 rings (SSSR count). The van der Waals surface area contributed by atoms with Gasteiger partial charge in [0.05, 0.1) is 5.39 Å². The van der Waals surface area contributed by atoms with Gasteiger partial charge in [0, 0.05) is 18.4 Å². The summed E-state index contributed by atoms with van der Waals surface area (Å²) in [6.45, 7) is 1.70. The number of ketones is 1. The summed E-state index contributed by atoms with van der Waals surface area (Å²) in [5.74, 6) is -1.15. The molecule has 0 aliphatic carbocycles. The van der Waals surface area contributed by atoms with Crippen LogP contribution < -0.4 is 10.9 Å². The Bertz CT molecular complexity index is 887. The van der Waals surface area contributed by atoms with Crippen molar-refractivity contribution in [2.75, 3.05) is 0 Å². The second kappa shape index (κ2) is 5.71. The number of carbonyl (C=O) groups excluding carboxylic acids is 3. The maximum Gasteiger partial charge on any atom is 0.279 e. The molecule has 118 valence electrons. The second-order valence-corrected chi connectivity index (χ2v) is 5.28. The summed E-state index contributed by atoms with van der Waals surface area (Å²) in [7, 11) is 0. The second-order valence-electron chi connectivity index (χ2n) is 5.28. The van der Waals surface area contributed by atoms with Gasteiger partial charge in [0.2, 0.25) is 5.91 Å². The molecule has 2 aromatic rings. The Morgan fingerprint density at radius 2 is 2.13 bits per heavy atom. The number of hydrogen-bond donors (Lipinski definition) is 1. The molecule has 2 heterocycles. The molecule has 1 N–H and O–H groups in total. The zero-order valence-corrected chi connectivity index (χ0v) is 12.4. The van der Waals surface area contributed by atoms with Crippen molar-refractivity contribution >= 4 is 28.5 Å². The molecule has 0 radical (unpaired) electrons. The fraction of sp³-hybridized carbons (Fsp3) is 0.333. The van der Waals surface area contributed by atoms with Gasteiger partial charge in [-0.3, -0.25) is 24.5 Å². The summed E-state index contributed by atoms with van der Waals surface area (Å²) in [4.78, 5) is 48.0. The van der Waals surface area contributed by atoms with Crippen LogP contribution in [-0.2, 0) is 9.59 Å². The third-order valence-corrected chi connectivity index (χ3v) is 3.84. The summed E-state index contributed by atoms with van der Waals surface area (Å²) >= 11 is 0. The van der Waals surface area contributed by atoms with Crippen LogP contribution in [0.25, 0.3) is 10.9 Å². The standard InChI is InChI=1S/C15H14N4O4/c1-2-11(20)8-4-3-5-9-13(8)15(23)19(18-17-9)10-6-7-12(21)16-14(10)22/h3-5,10H,2,6-7H2,1H3,(H,16,21,22). The Labute approximate surface area is 130 Å². The van der Waals surface area contributed by atoms with Gasteiger partial charge in [-0.05, 0) is 12.5 Å². The minimum absolute atomic E-state index is 0.123. The maximum atomic E-state index is 12.7. The van der Waals surface area contributed by atoms with E-state index in [-0.39, 0.29) is 41.9 Å². The summed E-state index contributed by atoms with van der Waals surface area (Å²) in [6.07, 6.45) is 0.548. The monoisotopic (exact) mass is 314 g/mol. The van der Waals surface area contributed by atoms with E-state index in [0.717, 1.165) is 4.68 Å². The van der Waals surface area contributed by atoms with Crippen molar-refractivity contribution in [1.82, 2.24) is 20.3 Å². The number of imide groups is 1. The van der Waals surface area contributed by atoms with Crippen LogP contribution in [0, 0.1) is 0 Å². The van der Waals surface area contributed by atoms with Crippen LogP contribution in [-0.4, -0.2) is 32.6 Å². The highest BCUT2D eigenvalue weighted by Crippen LogP contribution is 2.18. The highest BCUT2D eigenvalue weighted by Gasteiger charge is 2.30. The van der Waals surface area contributed by atoms with E-state index in [1.807, 2.05) is 0 Å². The fourth-order valence-electron chi connectivity index (χ4n) is 2.64. The van der Waals surface area contributed by atoms with Crippen molar-refractivity contribution in [3.8, 4) is 0 Å². The van der Waals surface area contributed by atoms with Crippen LogP contribution in [0.5, 0.6) is 0 Å². The van der Waals surface area contributed by atoms with Crippen molar-refractivity contribution < 1.29 is 14.4 Å². The zero-order chi connectivity index (χ0) is 16.6. The molecule has 0 spiro atoms. The summed E-state index contributed by atoms with van der Waals surface area (Å²) in [5, 5.41) is 10.1. The number of aromatic nitrogens is 3. The van der Waals surface area contributed by atoms with E-state index in [4.69, 9.17) is 0 Å². The van der Waals surface area contributed by atoms with Crippen LogP contribution in [0.2, 0.25) is 0 Å². The lowest BCUT2D eigenvalue weighted by Gasteiger charge is -2.21. The molecule has 1 aromatic heterocycles. The first kappa shape index (κ1) is 15.0. The van der Waals surface area contributed by atoms with Gasteiger partial charge in [-0.1, -0.05) is 24.3 Å². The molecule has 1 aliphatic heterocycles. The van der Waals surface area contributed by atoms with Crippen molar-refractivity contribution in [2.45, 2.75) is 32.2 Å². The Hall–Kier alpha value is -2.90. The Balaban J connectivity index is 2.19. The molecule has 23 heavy (non-hydrogen) atoms. The Morgan fingerprint density at radius 3 is 2.83 bits per heavy atom. The van der Waals surface area contributed by atoms with Gasteiger partial charge in [-0.25, -0.2) is 0 Å². The lowest BCUT2D eigenvalue weighted by atomic mass is 10.0. The van der Waals surface area contributed by atoms with E-state index in [1.54, 1.807) is 25.1 Å². The van der Waals surface area contributed by atoms with Gasteiger partial charge in [0.1, 0.15) is 11.6 Å². The van der Waals surface area contributed by atoms with Gasteiger partial charge in [-0.2, -0.15) is 4.68 Å². The molecule has 1 unspecified atom stereocenters. The van der Waals surface area contributed by atoms with E-state index in [9.17, 15) is 19.2 Å². The first-order valence-corrected chi connectivity index (χ1v) is 7.28. The fourth-order valence-corrected chi connectivity index (χ4v) is 2.64. The number of nitrogens with one attached hydrogen (secondary N) is 1. The van der Waals surface area contributed by atoms with Crippen LogP contribution in [0.3, 0.4) is 0 Å². The largest absolute Gasteiger partial charge is 0.295 e. The van der Waals surface area contributed by atoms with Crippen molar-refractivity contribution in [3.63, 3.8) is 0 Å². The SMILES string of the molecule is CCC(=O)c1cccc2nnn(C3CCC(=O)NC3=O)c(=O)c12. The van der Waals surface area contributed by atoms with Gasteiger partial charge in [-0.15, -0.1) is 5.10 Å². The average molecular weight is 314 g/mol. The zero-order valence-electron chi connectivity index (χ0n) is 12.4. The Kier molecular flexibility index (Phi) is 3.73. The third kappa shape index (κ3) is 2.52. The van der Waals surface area contributed by atoms with E-state index in [1.165, 1.54) is 0 Å². The van der Waals surface area contributed by atoms with E-state index >= 15 is 0 Å². The van der Waals surface area contributed by atoms with Crippen LogP contribution in [0.15, 0.2) is 23.0 Å². The van der Waals surface area contributed by atoms with Gasteiger partial charge < -0.3 is 0 Å². The van der Waals surface area contributed by atoms with Crippen molar-refractivity contribution in [1.29, 1.82) is 0 Å². The molecule has 8 nitrogen and oxygen atoms in total. The highest BCUT2D eigenvalue weighted by molar-refractivity contribution is 6.07. The molecule has 1 aromatic carbocycles. The molecular formula is C15H14N4O4. The maximum absolute atomic E-state index is 12.7. The van der Waals surface area contributed by atoms with Crippen LogP contribution in [0.4, 0.5) is 0 Å². The summed E-state index contributed by atoms with van der Waals surface area (Å²) in [5.41, 5.74) is 0.0192. The van der Waals surface area contributed by atoms with Gasteiger partial charge in [0.25, 0.3) is 11.5 Å². The number of hydrogen-bond acceptors (Lipinski definition) is 6. The predicted octanol–water partition coefficient (Wildman–Crippen LogP) is 0.362. The highest BCUT2D eigenvalue weighted by atomic mass is 16.2. The van der Waals surface area contributed by atoms with Gasteiger partial charge >= 0.3 is 0 Å². The molecule has 2 amide bonds. The smallest absolute Gasteiger partial charge is 0.279 e. The van der Waals surface area contributed by atoms with E-state index in [0.29, 0.717) is 5.52 Å². The van der Waals surface area contributed by atoms with E-state index < -0.39 is 17.5 Å². The average Bonchev–Trinajstić information content (AvgIpc) is 2.55. The number of piperidine rings is 1. The molecule has 0 saturated carbocycles. The van der Waals surface area contributed by atoms with Crippen molar-refractivity contribution in [2.24, 2.45) is 0 Å². The molecule has 0 bridgehead atoms. The Morgan fingerprint density at radius 1 is 1.35 bits per heavy atom. The first-order chi connectivity index (χ1) is 11.0. The number of benzene rings is 1. The lowest BCUT2D eigenvalue weighted by Crippen LogP contribution is -2.45. The molecule has 1 saturated heterocycles. The minimum Gasteiger partial charge on any atom is -0.295 e. The summed E-state index contributed by atoms with van der Waals surface area (Å²) < 4.78 is 0.955. The molecule has 1 fully saturated rings. The summed E-state index contributed by atoms with van der Waals surface area (Å²) in [6, 6.07) is 3.88. The lowest BCUT2D eigenvalue weighted by molar-refractivity contribution is -0.136. The normalized spacial score (nSPS) is 18.0. The number of Topliss-reactive ketones (excluding diaryl/α,β-unsaturated/α-hetero) is 1. The number of fused-ring (bicyclic) bond motifs is 1. The molecule has 1 atom stereocenters. The number of carbonyl (C=O) groups is 3. The van der Waals surface area contributed by atoms with Crippen LogP contribution in [0.1, 0.15) is 42.6 Å². The third-order valence-electron chi connectivity index (χ3n) is 3.84. The number of nitrogens with zero attached hydrogens (tertiary/aromatic N) is 3. The number of amides is 2. The molecular weight excluding hydrogens is 300 g/mol. The number of rotatable bonds is 3. The van der Waals surface area contributed by atoms with Gasteiger partial charge in [0.15, 0.2) is 5.78 Å².